The van der Waals surface area contributed by atoms with Gasteiger partial charge in [0.15, 0.2) is 0 Å². The zero-order valence-corrected chi connectivity index (χ0v) is 13.4. The summed E-state index contributed by atoms with van der Waals surface area (Å²) in [5.74, 6) is 0.600. The molecule has 0 amide bonds. The van der Waals surface area contributed by atoms with Gasteiger partial charge < -0.3 is 10.1 Å². The molecule has 2 heteroatoms. The maximum atomic E-state index is 5.59. The van der Waals surface area contributed by atoms with Crippen molar-refractivity contribution < 1.29 is 4.74 Å². The average Bonchev–Trinajstić information content (AvgIpc) is 2.46. The molecule has 1 aliphatic rings. The summed E-state index contributed by atoms with van der Waals surface area (Å²) in [7, 11) is 0. The third-order valence-corrected chi connectivity index (χ3v) is 4.49. The fourth-order valence-electron chi connectivity index (χ4n) is 2.95. The van der Waals surface area contributed by atoms with Gasteiger partial charge >= 0.3 is 0 Å². The van der Waals surface area contributed by atoms with Crippen molar-refractivity contribution in [1.82, 2.24) is 5.32 Å². The van der Waals surface area contributed by atoms with Crippen molar-refractivity contribution in [2.24, 2.45) is 0 Å². The molecule has 2 nitrogen and oxygen atoms in total. The lowest BCUT2D eigenvalue weighted by molar-refractivity contribution is 0.0492. The Hall–Kier alpha value is -0.860. The fraction of sp³-hybridized carbons (Fsp3) is 0.667. The first kappa shape index (κ1) is 15.5. The predicted molar refractivity (Wildman–Crippen MR) is 85.4 cm³/mol. The van der Waals surface area contributed by atoms with Crippen LogP contribution in [-0.4, -0.2) is 25.8 Å². The first-order chi connectivity index (χ1) is 9.53. The van der Waals surface area contributed by atoms with Gasteiger partial charge in [0.2, 0.25) is 0 Å². The lowest BCUT2D eigenvalue weighted by Crippen LogP contribution is -2.44. The molecular formula is C18H29NO. The van der Waals surface area contributed by atoms with E-state index in [2.05, 4.69) is 57.3 Å². The van der Waals surface area contributed by atoms with Crippen molar-refractivity contribution in [3.63, 3.8) is 0 Å². The summed E-state index contributed by atoms with van der Waals surface area (Å²) in [4.78, 5) is 0. The van der Waals surface area contributed by atoms with Crippen molar-refractivity contribution in [3.8, 4) is 0 Å². The number of nitrogens with one attached hydrogen (secondary N) is 1. The van der Waals surface area contributed by atoms with Gasteiger partial charge in [0, 0.05) is 31.2 Å². The van der Waals surface area contributed by atoms with Gasteiger partial charge in [-0.05, 0) is 29.9 Å². The minimum Gasteiger partial charge on any atom is -0.381 e. The second-order valence-corrected chi connectivity index (χ2v) is 6.71. The van der Waals surface area contributed by atoms with E-state index in [1.807, 2.05) is 0 Å². The third kappa shape index (κ3) is 3.62. The lowest BCUT2D eigenvalue weighted by Gasteiger charge is -2.38. The van der Waals surface area contributed by atoms with Crippen molar-refractivity contribution in [3.05, 3.63) is 35.4 Å². The quantitative estimate of drug-likeness (QED) is 0.881. The minimum atomic E-state index is 0.248. The molecule has 0 bridgehead atoms. The Labute approximate surface area is 123 Å². The van der Waals surface area contributed by atoms with E-state index in [0.717, 1.165) is 32.6 Å². The zero-order chi connectivity index (χ0) is 14.6. The van der Waals surface area contributed by atoms with Crippen LogP contribution in [0.15, 0.2) is 24.3 Å². The number of rotatable bonds is 5. The molecular weight excluding hydrogens is 246 g/mol. The monoisotopic (exact) mass is 275 g/mol. The van der Waals surface area contributed by atoms with E-state index in [-0.39, 0.29) is 5.41 Å². The first-order valence-electron chi connectivity index (χ1n) is 7.95. The van der Waals surface area contributed by atoms with E-state index in [1.54, 1.807) is 0 Å². The maximum Gasteiger partial charge on any atom is 0.0475 e. The molecule has 0 aliphatic carbocycles. The lowest BCUT2D eigenvalue weighted by atomic mass is 9.73. The van der Waals surface area contributed by atoms with Crippen LogP contribution in [0.2, 0.25) is 0 Å². The molecule has 0 spiro atoms. The van der Waals surface area contributed by atoms with Gasteiger partial charge in [0.25, 0.3) is 0 Å². The van der Waals surface area contributed by atoms with Gasteiger partial charge in [-0.15, -0.1) is 0 Å². The second-order valence-electron chi connectivity index (χ2n) is 6.71. The second kappa shape index (κ2) is 6.73. The Morgan fingerprint density at radius 1 is 1.05 bits per heavy atom. The summed E-state index contributed by atoms with van der Waals surface area (Å²) in [5.41, 5.74) is 3.14. The topological polar surface area (TPSA) is 21.3 Å². The van der Waals surface area contributed by atoms with Gasteiger partial charge in [-0.2, -0.15) is 0 Å². The largest absolute Gasteiger partial charge is 0.381 e. The summed E-state index contributed by atoms with van der Waals surface area (Å²) in [6, 6.07) is 9.80. The highest BCUT2D eigenvalue weighted by Crippen LogP contribution is 2.35. The van der Waals surface area contributed by atoms with E-state index in [9.17, 15) is 0 Å². The van der Waals surface area contributed by atoms with E-state index >= 15 is 0 Å². The fourth-order valence-corrected chi connectivity index (χ4v) is 2.95. The summed E-state index contributed by atoms with van der Waals surface area (Å²) in [6.07, 6.45) is 2.24. The molecule has 1 fully saturated rings. The molecule has 112 valence electrons. The summed E-state index contributed by atoms with van der Waals surface area (Å²) in [5, 5.41) is 3.64. The summed E-state index contributed by atoms with van der Waals surface area (Å²) < 4.78 is 5.59. The Balaban J connectivity index is 2.21. The van der Waals surface area contributed by atoms with E-state index < -0.39 is 0 Å². The summed E-state index contributed by atoms with van der Waals surface area (Å²) in [6.45, 7) is 11.7. The highest BCUT2D eigenvalue weighted by molar-refractivity contribution is 5.31. The SMILES string of the molecule is CC(C)NCC1(c2ccc(C(C)C)cc2)CCOCC1. The molecule has 1 heterocycles. The highest BCUT2D eigenvalue weighted by atomic mass is 16.5. The van der Waals surface area contributed by atoms with Crippen molar-refractivity contribution >= 4 is 0 Å². The van der Waals surface area contributed by atoms with Gasteiger partial charge in [0.05, 0.1) is 0 Å². The van der Waals surface area contributed by atoms with Crippen LogP contribution in [0.4, 0.5) is 0 Å². The van der Waals surface area contributed by atoms with Crippen LogP contribution in [0.5, 0.6) is 0 Å². The number of ether oxygens (including phenoxy) is 1. The molecule has 0 saturated carbocycles. The standard InChI is InChI=1S/C18H29NO/c1-14(2)16-5-7-17(8-6-16)18(13-19-15(3)4)9-11-20-12-10-18/h5-8,14-15,19H,9-13H2,1-4H3. The van der Waals surface area contributed by atoms with Gasteiger partial charge in [-0.3, -0.25) is 0 Å². The van der Waals surface area contributed by atoms with Gasteiger partial charge in [-0.25, -0.2) is 0 Å². The van der Waals surface area contributed by atoms with Crippen molar-refractivity contribution in [2.45, 2.75) is 57.9 Å². The van der Waals surface area contributed by atoms with Crippen LogP contribution in [0.1, 0.15) is 57.6 Å². The molecule has 0 radical (unpaired) electrons. The number of hydrogen-bond acceptors (Lipinski definition) is 2. The van der Waals surface area contributed by atoms with E-state index in [1.165, 1.54) is 11.1 Å². The van der Waals surface area contributed by atoms with Crippen LogP contribution in [0, 0.1) is 0 Å². The predicted octanol–water partition coefficient (Wildman–Crippen LogP) is 3.86. The molecule has 0 aromatic heterocycles. The highest BCUT2D eigenvalue weighted by Gasteiger charge is 2.34. The normalized spacial score (nSPS) is 18.7. The Morgan fingerprint density at radius 2 is 1.65 bits per heavy atom. The van der Waals surface area contributed by atoms with E-state index in [0.29, 0.717) is 12.0 Å². The number of hydrogen-bond donors (Lipinski definition) is 1. The third-order valence-electron chi connectivity index (χ3n) is 4.49. The summed E-state index contributed by atoms with van der Waals surface area (Å²) >= 11 is 0. The van der Waals surface area contributed by atoms with Crippen LogP contribution in [0.3, 0.4) is 0 Å². The van der Waals surface area contributed by atoms with Crippen LogP contribution in [0.25, 0.3) is 0 Å². The molecule has 0 atom stereocenters. The molecule has 1 aromatic rings. The van der Waals surface area contributed by atoms with Crippen molar-refractivity contribution in [1.29, 1.82) is 0 Å². The molecule has 1 aromatic carbocycles. The maximum absolute atomic E-state index is 5.59. The van der Waals surface area contributed by atoms with E-state index in [4.69, 9.17) is 4.74 Å². The van der Waals surface area contributed by atoms with Crippen LogP contribution >= 0.6 is 0 Å². The van der Waals surface area contributed by atoms with Gasteiger partial charge in [0.1, 0.15) is 0 Å². The minimum absolute atomic E-state index is 0.248. The zero-order valence-electron chi connectivity index (χ0n) is 13.4. The Kier molecular flexibility index (Phi) is 5.22. The number of benzene rings is 1. The van der Waals surface area contributed by atoms with Crippen LogP contribution < -0.4 is 5.32 Å². The molecule has 1 N–H and O–H groups in total. The molecule has 20 heavy (non-hydrogen) atoms. The van der Waals surface area contributed by atoms with Gasteiger partial charge in [-0.1, -0.05) is 52.0 Å². The molecule has 1 saturated heterocycles. The molecule has 1 aliphatic heterocycles. The first-order valence-corrected chi connectivity index (χ1v) is 7.95. The smallest absolute Gasteiger partial charge is 0.0475 e. The Morgan fingerprint density at radius 3 is 2.15 bits per heavy atom. The molecule has 0 unspecified atom stereocenters. The molecule has 2 rings (SSSR count). The van der Waals surface area contributed by atoms with Crippen molar-refractivity contribution in [2.75, 3.05) is 19.8 Å². The Bertz CT molecular complexity index is 402. The average molecular weight is 275 g/mol. The van der Waals surface area contributed by atoms with Crippen LogP contribution in [-0.2, 0) is 10.2 Å².